The molecule has 0 spiro atoms. The van der Waals surface area contributed by atoms with Gasteiger partial charge in [-0.15, -0.1) is 0 Å². The summed E-state index contributed by atoms with van der Waals surface area (Å²) in [7, 11) is -2.43. The van der Waals surface area contributed by atoms with Gasteiger partial charge in [-0.3, -0.25) is 4.90 Å². The number of nitrogens with zero attached hydrogens (tertiary/aromatic N) is 3. The largest absolute Gasteiger partial charge is 0.500 e. The van der Waals surface area contributed by atoms with Crippen molar-refractivity contribution in [1.82, 2.24) is 14.7 Å². The molecule has 184 valence electrons. The normalized spacial score (nSPS) is 19.5. The fraction of sp³-hybridized carbons (Fsp3) is 1.00. The Morgan fingerprint density at radius 2 is 0.935 bits per heavy atom. The van der Waals surface area contributed by atoms with Gasteiger partial charge >= 0.3 is 8.80 Å². The molecule has 2 rings (SSSR count). The Kier molecular flexibility index (Phi) is 14.5. The summed E-state index contributed by atoms with van der Waals surface area (Å²) in [6.45, 7) is 19.7. The average molecular weight is 458 g/mol. The van der Waals surface area contributed by atoms with Crippen molar-refractivity contribution in [3.8, 4) is 0 Å². The number of likely N-dealkylation sites (tertiary alicyclic amines) is 1. The molecule has 0 aromatic heterocycles. The Morgan fingerprint density at radius 3 is 1.45 bits per heavy atom. The van der Waals surface area contributed by atoms with Crippen molar-refractivity contribution in [3.63, 3.8) is 0 Å². The molecule has 0 atom stereocenters. The minimum absolute atomic E-state index is 0.679. The molecule has 0 aromatic rings. The summed E-state index contributed by atoms with van der Waals surface area (Å²) in [6.07, 6.45) is 10.6. The van der Waals surface area contributed by atoms with Crippen LogP contribution in [-0.2, 0) is 13.3 Å². The Morgan fingerprint density at radius 1 is 0.516 bits per heavy atom. The Labute approximate surface area is 193 Å². The molecule has 0 N–H and O–H groups in total. The predicted octanol–water partition coefficient (Wildman–Crippen LogP) is 4.09. The quantitative estimate of drug-likeness (QED) is 0.228. The third-order valence-electron chi connectivity index (χ3n) is 6.70. The number of hydrogen-bond acceptors (Lipinski definition) is 6. The van der Waals surface area contributed by atoms with Gasteiger partial charge in [-0.1, -0.05) is 25.7 Å². The van der Waals surface area contributed by atoms with Crippen LogP contribution in [0.3, 0.4) is 0 Å². The summed E-state index contributed by atoms with van der Waals surface area (Å²) < 4.78 is 17.9. The van der Waals surface area contributed by atoms with Gasteiger partial charge in [-0.2, -0.15) is 0 Å². The van der Waals surface area contributed by atoms with Gasteiger partial charge in [0.1, 0.15) is 0 Å². The highest BCUT2D eigenvalue weighted by molar-refractivity contribution is 6.60. The van der Waals surface area contributed by atoms with Crippen LogP contribution in [0.1, 0.15) is 72.1 Å². The monoisotopic (exact) mass is 457 g/mol. The van der Waals surface area contributed by atoms with Gasteiger partial charge in [-0.05, 0) is 66.1 Å². The maximum atomic E-state index is 5.95. The van der Waals surface area contributed by atoms with E-state index < -0.39 is 8.80 Å². The van der Waals surface area contributed by atoms with Gasteiger partial charge in [-0.25, -0.2) is 0 Å². The molecule has 0 bridgehead atoms. The van der Waals surface area contributed by atoms with Crippen molar-refractivity contribution in [3.05, 3.63) is 0 Å². The molecule has 0 unspecified atom stereocenters. The maximum absolute atomic E-state index is 5.95. The van der Waals surface area contributed by atoms with Gasteiger partial charge in [0.25, 0.3) is 0 Å². The average Bonchev–Trinajstić information content (AvgIpc) is 3.29. The first kappa shape index (κ1) is 27.2. The van der Waals surface area contributed by atoms with Crippen molar-refractivity contribution in [2.45, 2.75) is 78.2 Å². The summed E-state index contributed by atoms with van der Waals surface area (Å²) >= 11 is 0. The van der Waals surface area contributed by atoms with Gasteiger partial charge < -0.3 is 23.1 Å². The van der Waals surface area contributed by atoms with Crippen LogP contribution in [0, 0.1) is 0 Å². The zero-order valence-electron chi connectivity index (χ0n) is 20.9. The van der Waals surface area contributed by atoms with Crippen molar-refractivity contribution in [1.29, 1.82) is 0 Å². The smallest absolute Gasteiger partial charge is 0.374 e. The van der Waals surface area contributed by atoms with E-state index in [0.29, 0.717) is 19.8 Å². The highest BCUT2D eigenvalue weighted by Crippen LogP contribution is 2.20. The van der Waals surface area contributed by atoms with E-state index in [0.717, 1.165) is 12.5 Å². The van der Waals surface area contributed by atoms with Gasteiger partial charge in [0.15, 0.2) is 0 Å². The zero-order valence-corrected chi connectivity index (χ0v) is 21.9. The minimum atomic E-state index is -2.43. The van der Waals surface area contributed by atoms with Crippen LogP contribution in [-0.4, -0.2) is 102 Å². The van der Waals surface area contributed by atoms with Crippen LogP contribution >= 0.6 is 0 Å². The first-order valence-electron chi connectivity index (χ1n) is 13.3. The topological polar surface area (TPSA) is 37.4 Å². The minimum Gasteiger partial charge on any atom is -0.374 e. The molecule has 2 saturated heterocycles. The van der Waals surface area contributed by atoms with Crippen molar-refractivity contribution >= 4 is 8.80 Å². The molecule has 2 heterocycles. The molecule has 0 aliphatic carbocycles. The predicted molar refractivity (Wildman–Crippen MR) is 132 cm³/mol. The Balaban J connectivity index is 1.44. The highest BCUT2D eigenvalue weighted by Gasteiger charge is 2.39. The summed E-state index contributed by atoms with van der Waals surface area (Å²) in [5, 5.41) is 0. The Hall–Kier alpha value is -0.0231. The summed E-state index contributed by atoms with van der Waals surface area (Å²) in [5.74, 6) is 0. The first-order valence-corrected chi connectivity index (χ1v) is 15.2. The van der Waals surface area contributed by atoms with Crippen LogP contribution in [0.4, 0.5) is 0 Å². The number of hydrogen-bond donors (Lipinski definition) is 0. The second-order valence-corrected chi connectivity index (χ2v) is 11.8. The van der Waals surface area contributed by atoms with E-state index in [1.165, 1.54) is 104 Å². The fourth-order valence-electron chi connectivity index (χ4n) is 4.91. The fourth-order valence-corrected chi connectivity index (χ4v) is 7.60. The second-order valence-electron chi connectivity index (χ2n) is 9.09. The third kappa shape index (κ3) is 11.1. The van der Waals surface area contributed by atoms with Crippen LogP contribution in [0.15, 0.2) is 0 Å². The zero-order chi connectivity index (χ0) is 22.2. The molecule has 6 nitrogen and oxygen atoms in total. The lowest BCUT2D eigenvalue weighted by Gasteiger charge is -2.35. The lowest BCUT2D eigenvalue weighted by Crippen LogP contribution is -2.48. The Bertz CT molecular complexity index is 413. The second kappa shape index (κ2) is 16.6. The van der Waals surface area contributed by atoms with E-state index in [9.17, 15) is 0 Å². The molecule has 0 aromatic carbocycles. The van der Waals surface area contributed by atoms with Crippen LogP contribution in [0.25, 0.3) is 0 Å². The van der Waals surface area contributed by atoms with E-state index in [2.05, 4.69) is 14.7 Å². The molecule has 0 radical (unpaired) electrons. The summed E-state index contributed by atoms with van der Waals surface area (Å²) in [6, 6.07) is 0.963. The first-order chi connectivity index (χ1) is 15.2. The summed E-state index contributed by atoms with van der Waals surface area (Å²) in [5.41, 5.74) is 0. The maximum Gasteiger partial charge on any atom is 0.500 e. The van der Waals surface area contributed by atoms with Gasteiger partial charge in [0.05, 0.1) is 0 Å². The molecule has 0 saturated carbocycles. The lowest BCUT2D eigenvalue weighted by atomic mass is 10.1. The van der Waals surface area contributed by atoms with Crippen LogP contribution in [0.5, 0.6) is 0 Å². The van der Waals surface area contributed by atoms with Crippen molar-refractivity contribution in [2.24, 2.45) is 0 Å². The SMILES string of the molecule is CCO[Si](CCCCCCCCN1CCN(CCN2CCCC2)CC1)(OCC)OCC. The number of piperazine rings is 1. The molecule has 0 amide bonds. The van der Waals surface area contributed by atoms with E-state index in [1.807, 2.05) is 20.8 Å². The molecule has 2 aliphatic rings. The van der Waals surface area contributed by atoms with E-state index in [4.69, 9.17) is 13.3 Å². The van der Waals surface area contributed by atoms with Gasteiger partial charge in [0, 0.05) is 65.1 Å². The van der Waals surface area contributed by atoms with Crippen LogP contribution < -0.4 is 0 Å². The molecule has 7 heteroatoms. The molecular formula is C24H51N3O3Si. The molecular weight excluding hydrogens is 406 g/mol. The van der Waals surface area contributed by atoms with E-state index in [-0.39, 0.29) is 0 Å². The van der Waals surface area contributed by atoms with Crippen LogP contribution in [0.2, 0.25) is 6.04 Å². The number of unbranched alkanes of at least 4 members (excludes halogenated alkanes) is 5. The standard InChI is InChI=1S/C24H51N3O3Si/c1-4-28-31(29-5-2,30-6-3)24-14-10-8-7-9-11-15-26-19-22-27(23-20-26)21-18-25-16-12-13-17-25/h4-24H2,1-3H3. The lowest BCUT2D eigenvalue weighted by molar-refractivity contribution is 0.0706. The third-order valence-corrected chi connectivity index (χ3v) is 9.85. The molecule has 31 heavy (non-hydrogen) atoms. The van der Waals surface area contributed by atoms with E-state index >= 15 is 0 Å². The number of rotatable bonds is 18. The highest BCUT2D eigenvalue weighted by atomic mass is 28.4. The van der Waals surface area contributed by atoms with Crippen molar-refractivity contribution < 1.29 is 13.3 Å². The van der Waals surface area contributed by atoms with Crippen molar-refractivity contribution in [2.75, 3.05) is 78.7 Å². The van der Waals surface area contributed by atoms with E-state index in [1.54, 1.807) is 0 Å². The summed E-state index contributed by atoms with van der Waals surface area (Å²) in [4.78, 5) is 7.99. The van der Waals surface area contributed by atoms with Gasteiger partial charge in [0.2, 0.25) is 0 Å². The molecule has 2 fully saturated rings. The molecule has 2 aliphatic heterocycles.